The van der Waals surface area contributed by atoms with Crippen molar-refractivity contribution in [3.05, 3.63) is 23.8 Å². The average molecular weight is 294 g/mol. The number of benzene rings is 1. The molecule has 118 valence electrons. The highest BCUT2D eigenvalue weighted by molar-refractivity contribution is 5.41. The minimum atomic E-state index is 0.179. The summed E-state index contributed by atoms with van der Waals surface area (Å²) in [6.45, 7) is 5.07. The van der Waals surface area contributed by atoms with Gasteiger partial charge in [-0.2, -0.15) is 0 Å². The van der Waals surface area contributed by atoms with Crippen LogP contribution in [-0.2, 0) is 6.54 Å². The number of nitrogens with zero attached hydrogens (tertiary/aromatic N) is 1. The molecule has 1 atom stereocenters. The third-order valence-electron chi connectivity index (χ3n) is 4.04. The molecule has 5 nitrogen and oxygen atoms in total. The second-order valence-corrected chi connectivity index (χ2v) is 5.67. The van der Waals surface area contributed by atoms with Gasteiger partial charge in [0.2, 0.25) is 0 Å². The number of ether oxygens (including phenoxy) is 1. The number of phenols is 1. The summed E-state index contributed by atoms with van der Waals surface area (Å²) >= 11 is 0. The molecule has 0 aliphatic carbocycles. The van der Waals surface area contributed by atoms with E-state index in [1.54, 1.807) is 19.2 Å². The molecule has 5 heteroatoms. The first-order valence-electron chi connectivity index (χ1n) is 7.62. The largest absolute Gasteiger partial charge is 0.504 e. The fourth-order valence-corrected chi connectivity index (χ4v) is 2.82. The van der Waals surface area contributed by atoms with Crippen molar-refractivity contribution in [1.29, 1.82) is 0 Å². The summed E-state index contributed by atoms with van der Waals surface area (Å²) in [5.41, 5.74) is 1.04. The van der Waals surface area contributed by atoms with E-state index >= 15 is 0 Å². The number of nitrogens with one attached hydrogen (secondary N) is 1. The quantitative estimate of drug-likeness (QED) is 0.659. The molecule has 1 fully saturated rings. The van der Waals surface area contributed by atoms with Crippen LogP contribution in [0.15, 0.2) is 18.2 Å². The molecule has 0 saturated carbocycles. The number of aromatic hydroxyl groups is 1. The zero-order valence-corrected chi connectivity index (χ0v) is 12.7. The highest BCUT2D eigenvalue weighted by Gasteiger charge is 2.18. The Hall–Kier alpha value is -1.30. The van der Waals surface area contributed by atoms with Crippen molar-refractivity contribution in [2.75, 3.05) is 39.9 Å². The molecule has 2 rings (SSSR count). The maximum Gasteiger partial charge on any atom is 0.160 e. The summed E-state index contributed by atoms with van der Waals surface area (Å²) in [4.78, 5) is 2.41. The first kappa shape index (κ1) is 16.1. The van der Waals surface area contributed by atoms with Crippen LogP contribution in [0.2, 0.25) is 0 Å². The number of piperidine rings is 1. The van der Waals surface area contributed by atoms with E-state index in [1.165, 1.54) is 6.42 Å². The minimum Gasteiger partial charge on any atom is -0.504 e. The lowest BCUT2D eigenvalue weighted by Gasteiger charge is -2.31. The van der Waals surface area contributed by atoms with Gasteiger partial charge in [-0.3, -0.25) is 0 Å². The van der Waals surface area contributed by atoms with Gasteiger partial charge in [0.1, 0.15) is 0 Å². The Labute approximate surface area is 126 Å². The number of aliphatic hydroxyl groups excluding tert-OH is 1. The Morgan fingerprint density at radius 3 is 3.00 bits per heavy atom. The van der Waals surface area contributed by atoms with Crippen LogP contribution in [-0.4, -0.2) is 55.0 Å². The Morgan fingerprint density at radius 1 is 1.43 bits per heavy atom. The maximum atomic E-state index is 9.72. The van der Waals surface area contributed by atoms with Crippen molar-refractivity contribution in [2.45, 2.75) is 19.4 Å². The van der Waals surface area contributed by atoms with Gasteiger partial charge in [0.25, 0.3) is 0 Å². The van der Waals surface area contributed by atoms with E-state index in [4.69, 9.17) is 4.74 Å². The van der Waals surface area contributed by atoms with Crippen molar-refractivity contribution in [1.82, 2.24) is 10.2 Å². The Bertz CT molecular complexity index is 440. The molecule has 0 spiro atoms. The van der Waals surface area contributed by atoms with E-state index in [-0.39, 0.29) is 5.75 Å². The number of hydrogen-bond acceptors (Lipinski definition) is 5. The summed E-state index contributed by atoms with van der Waals surface area (Å²) in [6, 6.07) is 5.46. The van der Waals surface area contributed by atoms with Crippen LogP contribution in [0.25, 0.3) is 0 Å². The number of rotatable bonds is 7. The van der Waals surface area contributed by atoms with Crippen molar-refractivity contribution in [2.24, 2.45) is 5.92 Å². The number of hydrogen-bond donors (Lipinski definition) is 3. The van der Waals surface area contributed by atoms with Crippen LogP contribution < -0.4 is 10.1 Å². The maximum absolute atomic E-state index is 9.72. The van der Waals surface area contributed by atoms with E-state index in [1.807, 2.05) is 6.07 Å². The lowest BCUT2D eigenvalue weighted by Crippen LogP contribution is -2.40. The predicted octanol–water partition coefficient (Wildman–Crippen LogP) is 1.19. The molecular formula is C16H26N2O3. The molecule has 1 aliphatic rings. The molecule has 1 saturated heterocycles. The summed E-state index contributed by atoms with van der Waals surface area (Å²) < 4.78 is 5.03. The summed E-state index contributed by atoms with van der Waals surface area (Å²) in [6.07, 6.45) is 2.32. The summed E-state index contributed by atoms with van der Waals surface area (Å²) in [5, 5.41) is 22.3. The smallest absolute Gasteiger partial charge is 0.160 e. The lowest BCUT2D eigenvalue weighted by molar-refractivity contribution is 0.121. The van der Waals surface area contributed by atoms with Crippen molar-refractivity contribution in [3.8, 4) is 11.5 Å². The molecule has 0 bridgehead atoms. The highest BCUT2D eigenvalue weighted by atomic mass is 16.5. The number of likely N-dealkylation sites (tertiary alicyclic amines) is 1. The molecule has 3 N–H and O–H groups in total. The molecule has 1 heterocycles. The molecular weight excluding hydrogens is 268 g/mol. The normalized spacial score (nSPS) is 19.6. The summed E-state index contributed by atoms with van der Waals surface area (Å²) in [5.74, 6) is 1.12. The number of methoxy groups -OCH3 is 1. The summed E-state index contributed by atoms with van der Waals surface area (Å²) in [7, 11) is 1.55. The fourth-order valence-electron chi connectivity index (χ4n) is 2.82. The van der Waals surface area contributed by atoms with Gasteiger partial charge in [0, 0.05) is 32.8 Å². The fraction of sp³-hybridized carbons (Fsp3) is 0.625. The van der Waals surface area contributed by atoms with Gasteiger partial charge in [-0.25, -0.2) is 0 Å². The molecule has 1 aliphatic heterocycles. The predicted molar refractivity (Wildman–Crippen MR) is 82.6 cm³/mol. The molecule has 0 radical (unpaired) electrons. The topological polar surface area (TPSA) is 65.0 Å². The van der Waals surface area contributed by atoms with Crippen molar-refractivity contribution < 1.29 is 14.9 Å². The van der Waals surface area contributed by atoms with E-state index in [0.29, 0.717) is 18.3 Å². The monoisotopic (exact) mass is 294 g/mol. The van der Waals surface area contributed by atoms with Gasteiger partial charge < -0.3 is 25.2 Å². The van der Waals surface area contributed by atoms with Crippen LogP contribution >= 0.6 is 0 Å². The van der Waals surface area contributed by atoms with Crippen molar-refractivity contribution >= 4 is 0 Å². The van der Waals surface area contributed by atoms with Gasteiger partial charge in [-0.1, -0.05) is 6.07 Å². The van der Waals surface area contributed by atoms with Crippen molar-refractivity contribution in [3.63, 3.8) is 0 Å². The molecule has 0 amide bonds. The first-order chi connectivity index (χ1) is 10.2. The molecule has 21 heavy (non-hydrogen) atoms. The molecule has 1 aromatic rings. The third kappa shape index (κ3) is 4.88. The lowest BCUT2D eigenvalue weighted by atomic mass is 9.99. The first-order valence-corrected chi connectivity index (χ1v) is 7.62. The van der Waals surface area contributed by atoms with Crippen LogP contribution in [0.1, 0.15) is 18.4 Å². The molecule has 0 aromatic heterocycles. The minimum absolute atomic E-state index is 0.179. The van der Waals surface area contributed by atoms with Crippen LogP contribution in [0.3, 0.4) is 0 Å². The number of phenolic OH excluding ortho intramolecular Hbond substituents is 1. The van der Waals surface area contributed by atoms with Gasteiger partial charge >= 0.3 is 0 Å². The highest BCUT2D eigenvalue weighted by Crippen LogP contribution is 2.26. The van der Waals surface area contributed by atoms with Gasteiger partial charge in [0.15, 0.2) is 11.5 Å². The molecule has 1 aromatic carbocycles. The van der Waals surface area contributed by atoms with Crippen LogP contribution in [0.5, 0.6) is 11.5 Å². The van der Waals surface area contributed by atoms with Crippen LogP contribution in [0, 0.1) is 5.92 Å². The van der Waals surface area contributed by atoms with Gasteiger partial charge in [0.05, 0.1) is 7.11 Å². The van der Waals surface area contributed by atoms with Gasteiger partial charge in [-0.05, 0) is 43.0 Å². The van der Waals surface area contributed by atoms with Crippen LogP contribution in [0.4, 0.5) is 0 Å². The third-order valence-corrected chi connectivity index (χ3v) is 4.04. The average Bonchev–Trinajstić information content (AvgIpc) is 2.52. The zero-order chi connectivity index (χ0) is 15.1. The Balaban J connectivity index is 1.68. The standard InChI is InChI=1S/C16H26N2O3/c1-21-16-5-4-13(9-15(16)20)10-17-6-8-18-7-2-3-14(11-18)12-19/h4-5,9,14,17,19-20H,2-3,6-8,10-12H2,1H3. The second-order valence-electron chi connectivity index (χ2n) is 5.67. The Kier molecular flexibility index (Phi) is 6.29. The van der Waals surface area contributed by atoms with E-state index in [0.717, 1.165) is 44.7 Å². The second kappa shape index (κ2) is 8.22. The van der Waals surface area contributed by atoms with E-state index in [9.17, 15) is 10.2 Å². The SMILES string of the molecule is COc1ccc(CNCCN2CCCC(CO)C2)cc1O. The van der Waals surface area contributed by atoms with Gasteiger partial charge in [-0.15, -0.1) is 0 Å². The number of aliphatic hydroxyl groups is 1. The van der Waals surface area contributed by atoms with E-state index in [2.05, 4.69) is 10.2 Å². The van der Waals surface area contributed by atoms with E-state index < -0.39 is 0 Å². The Morgan fingerprint density at radius 2 is 2.29 bits per heavy atom. The zero-order valence-electron chi connectivity index (χ0n) is 12.7. The molecule has 1 unspecified atom stereocenters.